The van der Waals surface area contributed by atoms with Gasteiger partial charge in [-0.05, 0) is 37.5 Å². The Balaban J connectivity index is 1.50. The Labute approximate surface area is 160 Å². The highest BCUT2D eigenvalue weighted by molar-refractivity contribution is 5.44. The van der Waals surface area contributed by atoms with Crippen molar-refractivity contribution in [1.82, 2.24) is 14.7 Å². The van der Waals surface area contributed by atoms with Crippen LogP contribution in [-0.4, -0.2) is 40.7 Å². The van der Waals surface area contributed by atoms with E-state index in [1.165, 1.54) is 11.1 Å². The zero-order valence-corrected chi connectivity index (χ0v) is 15.9. The molecule has 0 aliphatic carbocycles. The van der Waals surface area contributed by atoms with Crippen LogP contribution in [0, 0.1) is 6.92 Å². The highest BCUT2D eigenvalue weighted by Crippen LogP contribution is 2.33. The predicted molar refractivity (Wildman–Crippen MR) is 103 cm³/mol. The maximum Gasteiger partial charge on any atom is 0.231 e. The Bertz CT molecular complexity index is 796. The van der Waals surface area contributed by atoms with E-state index in [-0.39, 0.29) is 0 Å². The smallest absolute Gasteiger partial charge is 0.231 e. The van der Waals surface area contributed by atoms with Crippen molar-refractivity contribution in [1.29, 1.82) is 0 Å². The van der Waals surface area contributed by atoms with E-state index in [1.54, 1.807) is 0 Å². The minimum Gasteiger partial charge on any atom is -0.454 e. The summed E-state index contributed by atoms with van der Waals surface area (Å²) in [6.07, 6.45) is 6.58. The van der Waals surface area contributed by atoms with Gasteiger partial charge in [-0.1, -0.05) is 12.1 Å². The molecule has 0 spiro atoms. The maximum absolute atomic E-state index is 5.89. The van der Waals surface area contributed by atoms with Gasteiger partial charge in [0.25, 0.3) is 0 Å². The molecule has 0 saturated carbocycles. The zero-order valence-electron chi connectivity index (χ0n) is 15.9. The molecule has 1 saturated heterocycles. The number of ether oxygens (including phenoxy) is 3. The molecule has 4 rings (SSSR count). The second kappa shape index (κ2) is 8.15. The Morgan fingerprint density at radius 1 is 1.30 bits per heavy atom. The van der Waals surface area contributed by atoms with E-state index in [1.807, 2.05) is 16.8 Å². The van der Waals surface area contributed by atoms with Crippen LogP contribution in [0.25, 0.3) is 0 Å². The molecule has 2 aliphatic heterocycles. The van der Waals surface area contributed by atoms with E-state index in [9.17, 15) is 0 Å². The molecular weight excluding hydrogens is 342 g/mol. The summed E-state index contributed by atoms with van der Waals surface area (Å²) in [5.74, 6) is 1.66. The van der Waals surface area contributed by atoms with Crippen LogP contribution in [0.1, 0.15) is 29.7 Å². The summed E-state index contributed by atoms with van der Waals surface area (Å²) >= 11 is 0. The standard InChI is InChI=1S/C21H27N3O3/c1-3-8-24-13-18(16(2)22-24)12-23(14-19-5-4-9-25-19)11-17-6-7-20-21(10-17)27-15-26-20/h3,6-7,10,13,19H,1,4-5,8-9,11-12,14-15H2,2H3. The van der Waals surface area contributed by atoms with Gasteiger partial charge in [0, 0.05) is 38.0 Å². The summed E-state index contributed by atoms with van der Waals surface area (Å²) < 4.78 is 18.8. The van der Waals surface area contributed by atoms with Crippen LogP contribution in [0.4, 0.5) is 0 Å². The Morgan fingerprint density at radius 3 is 3.00 bits per heavy atom. The molecule has 1 unspecified atom stereocenters. The highest BCUT2D eigenvalue weighted by Gasteiger charge is 2.22. The summed E-state index contributed by atoms with van der Waals surface area (Å²) in [7, 11) is 0. The topological polar surface area (TPSA) is 48.8 Å². The van der Waals surface area contributed by atoms with E-state index in [4.69, 9.17) is 14.2 Å². The molecule has 0 bridgehead atoms. The first kappa shape index (κ1) is 18.1. The van der Waals surface area contributed by atoms with Crippen molar-refractivity contribution in [2.45, 2.75) is 45.5 Å². The molecule has 0 amide bonds. The highest BCUT2D eigenvalue weighted by atomic mass is 16.7. The molecule has 27 heavy (non-hydrogen) atoms. The first-order valence-electron chi connectivity index (χ1n) is 9.57. The van der Waals surface area contributed by atoms with Crippen molar-refractivity contribution in [3.63, 3.8) is 0 Å². The fourth-order valence-corrected chi connectivity index (χ4v) is 3.74. The molecule has 0 radical (unpaired) electrons. The molecule has 1 atom stereocenters. The fraction of sp³-hybridized carbons (Fsp3) is 0.476. The monoisotopic (exact) mass is 369 g/mol. The lowest BCUT2D eigenvalue weighted by atomic mass is 10.1. The molecule has 3 heterocycles. The van der Waals surface area contributed by atoms with Gasteiger partial charge in [0.05, 0.1) is 18.3 Å². The van der Waals surface area contributed by atoms with Crippen molar-refractivity contribution in [2.24, 2.45) is 0 Å². The third-order valence-electron chi connectivity index (χ3n) is 5.09. The van der Waals surface area contributed by atoms with Gasteiger partial charge in [-0.15, -0.1) is 6.58 Å². The van der Waals surface area contributed by atoms with E-state index >= 15 is 0 Å². The van der Waals surface area contributed by atoms with Gasteiger partial charge < -0.3 is 14.2 Å². The maximum atomic E-state index is 5.89. The van der Waals surface area contributed by atoms with E-state index < -0.39 is 0 Å². The average molecular weight is 369 g/mol. The van der Waals surface area contributed by atoms with Crippen LogP contribution in [0.15, 0.2) is 37.1 Å². The summed E-state index contributed by atoms with van der Waals surface area (Å²) in [4.78, 5) is 2.44. The summed E-state index contributed by atoms with van der Waals surface area (Å²) in [5, 5.41) is 4.59. The summed E-state index contributed by atoms with van der Waals surface area (Å²) in [6, 6.07) is 6.19. The minimum absolute atomic E-state index is 0.306. The molecule has 6 heteroatoms. The predicted octanol–water partition coefficient (Wildman–Crippen LogP) is 3.29. The number of aryl methyl sites for hydroxylation is 1. The van der Waals surface area contributed by atoms with Crippen LogP contribution in [0.2, 0.25) is 0 Å². The van der Waals surface area contributed by atoms with Crippen LogP contribution in [0.5, 0.6) is 11.5 Å². The molecule has 1 aromatic heterocycles. The van der Waals surface area contributed by atoms with Gasteiger partial charge in [0.1, 0.15) is 0 Å². The SMILES string of the molecule is C=CCn1cc(CN(Cc2ccc3c(c2)OCO3)CC2CCCO2)c(C)n1. The molecule has 2 aromatic rings. The lowest BCUT2D eigenvalue weighted by Crippen LogP contribution is -2.31. The first-order valence-corrected chi connectivity index (χ1v) is 9.57. The molecule has 1 aromatic carbocycles. The summed E-state index contributed by atoms with van der Waals surface area (Å²) in [5.41, 5.74) is 3.53. The molecule has 144 valence electrons. The van der Waals surface area contributed by atoms with Gasteiger partial charge in [0.2, 0.25) is 6.79 Å². The van der Waals surface area contributed by atoms with E-state index in [2.05, 4.69) is 41.8 Å². The van der Waals surface area contributed by atoms with Crippen LogP contribution in [-0.2, 0) is 24.4 Å². The Hall–Kier alpha value is -2.31. The number of allylic oxidation sites excluding steroid dienone is 1. The number of fused-ring (bicyclic) bond motifs is 1. The van der Waals surface area contributed by atoms with Crippen molar-refractivity contribution in [2.75, 3.05) is 19.9 Å². The summed E-state index contributed by atoms with van der Waals surface area (Å²) in [6.45, 7) is 10.4. The van der Waals surface area contributed by atoms with E-state index in [0.29, 0.717) is 12.9 Å². The lowest BCUT2D eigenvalue weighted by molar-refractivity contribution is 0.0678. The number of rotatable bonds is 8. The van der Waals surface area contributed by atoms with Crippen molar-refractivity contribution >= 4 is 0 Å². The Morgan fingerprint density at radius 2 is 2.19 bits per heavy atom. The third-order valence-corrected chi connectivity index (χ3v) is 5.09. The molecule has 0 N–H and O–H groups in total. The normalized spacial score (nSPS) is 18.4. The fourth-order valence-electron chi connectivity index (χ4n) is 3.74. The van der Waals surface area contributed by atoms with Gasteiger partial charge in [-0.3, -0.25) is 9.58 Å². The largest absolute Gasteiger partial charge is 0.454 e. The Kier molecular flexibility index (Phi) is 5.45. The van der Waals surface area contributed by atoms with Crippen LogP contribution >= 0.6 is 0 Å². The number of nitrogens with zero attached hydrogens (tertiary/aromatic N) is 3. The minimum atomic E-state index is 0.306. The molecule has 2 aliphatic rings. The van der Waals surface area contributed by atoms with Crippen LogP contribution in [0.3, 0.4) is 0 Å². The second-order valence-electron chi connectivity index (χ2n) is 7.24. The third kappa shape index (κ3) is 4.34. The van der Waals surface area contributed by atoms with Crippen molar-refractivity contribution in [3.05, 3.63) is 53.9 Å². The number of benzene rings is 1. The lowest BCUT2D eigenvalue weighted by Gasteiger charge is -2.25. The number of aromatic nitrogens is 2. The molecule has 1 fully saturated rings. The van der Waals surface area contributed by atoms with Gasteiger partial charge in [-0.25, -0.2) is 0 Å². The van der Waals surface area contributed by atoms with Gasteiger partial charge in [-0.2, -0.15) is 5.10 Å². The second-order valence-corrected chi connectivity index (χ2v) is 7.24. The van der Waals surface area contributed by atoms with Crippen molar-refractivity contribution in [3.8, 4) is 11.5 Å². The first-order chi connectivity index (χ1) is 13.2. The number of hydrogen-bond donors (Lipinski definition) is 0. The van der Waals surface area contributed by atoms with Gasteiger partial charge >= 0.3 is 0 Å². The average Bonchev–Trinajstić information content (AvgIpc) is 3.37. The molecule has 6 nitrogen and oxygen atoms in total. The van der Waals surface area contributed by atoms with Crippen molar-refractivity contribution < 1.29 is 14.2 Å². The zero-order chi connectivity index (χ0) is 18.6. The number of hydrogen-bond acceptors (Lipinski definition) is 5. The quantitative estimate of drug-likeness (QED) is 0.669. The van der Waals surface area contributed by atoms with Gasteiger partial charge in [0.15, 0.2) is 11.5 Å². The molecular formula is C21H27N3O3. The van der Waals surface area contributed by atoms with E-state index in [0.717, 1.165) is 62.8 Å². The van der Waals surface area contributed by atoms with Crippen LogP contribution < -0.4 is 9.47 Å².